The summed E-state index contributed by atoms with van der Waals surface area (Å²) in [5, 5.41) is 8.78. The number of urea groups is 1. The molecule has 0 aromatic heterocycles. The molecule has 2 aliphatic carbocycles. The standard InChI is InChI=1S/C13H22N2O4/c1-19-9-8-15(11-4-5-11)13(18)14(10-2-3-10)7-6-12(16)17/h10-11H,2-9H2,1H3,(H,16,17). The van der Waals surface area contributed by atoms with Gasteiger partial charge in [-0.25, -0.2) is 4.79 Å². The van der Waals surface area contributed by atoms with Gasteiger partial charge in [0.15, 0.2) is 0 Å². The first-order valence-corrected chi connectivity index (χ1v) is 6.91. The molecule has 0 aliphatic heterocycles. The van der Waals surface area contributed by atoms with Crippen molar-refractivity contribution in [1.29, 1.82) is 0 Å². The average molecular weight is 270 g/mol. The van der Waals surface area contributed by atoms with Gasteiger partial charge in [-0.15, -0.1) is 0 Å². The second kappa shape index (κ2) is 6.23. The summed E-state index contributed by atoms with van der Waals surface area (Å²) in [6.45, 7) is 1.44. The lowest BCUT2D eigenvalue weighted by atomic mass is 10.3. The number of aliphatic carboxylic acids is 1. The van der Waals surface area contributed by atoms with Crippen LogP contribution in [0.25, 0.3) is 0 Å². The average Bonchev–Trinajstić information content (AvgIpc) is 3.22. The second-order valence-electron chi connectivity index (χ2n) is 5.27. The molecule has 0 unspecified atom stereocenters. The summed E-state index contributed by atoms with van der Waals surface area (Å²) >= 11 is 0. The maximum atomic E-state index is 12.5. The Hall–Kier alpha value is -1.30. The molecule has 0 bridgehead atoms. The molecule has 0 aromatic rings. The number of carboxylic acids is 1. The summed E-state index contributed by atoms with van der Waals surface area (Å²) in [7, 11) is 1.62. The Kier molecular flexibility index (Phi) is 4.63. The van der Waals surface area contributed by atoms with Crippen LogP contribution in [0, 0.1) is 0 Å². The number of nitrogens with zero attached hydrogens (tertiary/aromatic N) is 2. The Morgan fingerprint density at radius 1 is 1.11 bits per heavy atom. The molecule has 0 saturated heterocycles. The minimum Gasteiger partial charge on any atom is -0.481 e. The zero-order valence-electron chi connectivity index (χ0n) is 11.4. The van der Waals surface area contributed by atoms with E-state index >= 15 is 0 Å². The molecule has 2 amide bonds. The fourth-order valence-electron chi connectivity index (χ4n) is 2.21. The Labute approximate surface area is 113 Å². The zero-order valence-corrected chi connectivity index (χ0v) is 11.4. The molecule has 19 heavy (non-hydrogen) atoms. The Bertz CT molecular complexity index is 340. The van der Waals surface area contributed by atoms with E-state index in [2.05, 4.69) is 0 Å². The third kappa shape index (κ3) is 4.09. The summed E-state index contributed by atoms with van der Waals surface area (Å²) in [4.78, 5) is 26.8. The number of hydrogen-bond acceptors (Lipinski definition) is 3. The minimum atomic E-state index is -0.853. The Morgan fingerprint density at radius 2 is 1.63 bits per heavy atom. The summed E-state index contributed by atoms with van der Waals surface area (Å²) in [6.07, 6.45) is 4.10. The molecule has 1 N–H and O–H groups in total. The number of carbonyl (C=O) groups excluding carboxylic acids is 1. The number of rotatable bonds is 8. The van der Waals surface area contributed by atoms with Crippen molar-refractivity contribution >= 4 is 12.0 Å². The van der Waals surface area contributed by atoms with Crippen LogP contribution in [0.4, 0.5) is 4.79 Å². The van der Waals surface area contributed by atoms with E-state index in [4.69, 9.17) is 9.84 Å². The molecule has 2 aliphatic rings. The fraction of sp³-hybridized carbons (Fsp3) is 0.846. The highest BCUT2D eigenvalue weighted by atomic mass is 16.5. The molecule has 0 radical (unpaired) electrons. The predicted molar refractivity (Wildman–Crippen MR) is 69.0 cm³/mol. The monoisotopic (exact) mass is 270 g/mol. The molecule has 0 atom stereocenters. The molecule has 6 nitrogen and oxygen atoms in total. The molecule has 0 spiro atoms. The van der Waals surface area contributed by atoms with E-state index in [0.717, 1.165) is 25.7 Å². The number of hydrogen-bond donors (Lipinski definition) is 1. The molecular formula is C13H22N2O4. The lowest BCUT2D eigenvalue weighted by Crippen LogP contribution is -2.47. The van der Waals surface area contributed by atoms with Crippen molar-refractivity contribution < 1.29 is 19.4 Å². The van der Waals surface area contributed by atoms with Gasteiger partial charge in [0.1, 0.15) is 0 Å². The molecule has 0 heterocycles. The lowest BCUT2D eigenvalue weighted by molar-refractivity contribution is -0.137. The van der Waals surface area contributed by atoms with E-state index in [1.807, 2.05) is 4.90 Å². The Morgan fingerprint density at radius 3 is 2.05 bits per heavy atom. The van der Waals surface area contributed by atoms with Gasteiger partial charge in [-0.3, -0.25) is 4.79 Å². The maximum absolute atomic E-state index is 12.5. The van der Waals surface area contributed by atoms with Gasteiger partial charge in [-0.2, -0.15) is 0 Å². The first-order chi connectivity index (χ1) is 9.13. The summed E-state index contributed by atoms with van der Waals surface area (Å²) in [5.74, 6) is -0.853. The van der Waals surface area contributed by atoms with Gasteiger partial charge in [0.2, 0.25) is 0 Å². The van der Waals surface area contributed by atoms with Crippen molar-refractivity contribution in [2.75, 3.05) is 26.8 Å². The first kappa shape index (κ1) is 14.1. The van der Waals surface area contributed by atoms with E-state index in [0.29, 0.717) is 25.7 Å². The van der Waals surface area contributed by atoms with E-state index < -0.39 is 5.97 Å². The highest BCUT2D eigenvalue weighted by Crippen LogP contribution is 2.32. The molecule has 2 rings (SSSR count). The summed E-state index contributed by atoms with van der Waals surface area (Å²) in [5.41, 5.74) is 0. The van der Waals surface area contributed by atoms with Crippen LogP contribution < -0.4 is 0 Å². The Balaban J connectivity index is 1.93. The number of amides is 2. The van der Waals surface area contributed by atoms with Crippen LogP contribution in [0.15, 0.2) is 0 Å². The predicted octanol–water partition coefficient (Wildman–Crippen LogP) is 1.16. The van der Waals surface area contributed by atoms with Crippen molar-refractivity contribution in [1.82, 2.24) is 9.80 Å². The highest BCUT2D eigenvalue weighted by molar-refractivity contribution is 5.77. The van der Waals surface area contributed by atoms with Crippen LogP contribution in [0.5, 0.6) is 0 Å². The molecule has 2 fully saturated rings. The van der Waals surface area contributed by atoms with Gasteiger partial charge >= 0.3 is 12.0 Å². The fourth-order valence-corrected chi connectivity index (χ4v) is 2.21. The quantitative estimate of drug-likeness (QED) is 0.718. The zero-order chi connectivity index (χ0) is 13.8. The number of methoxy groups -OCH3 is 1. The SMILES string of the molecule is COCCN(C(=O)N(CCC(=O)O)C1CC1)C1CC1. The molecular weight excluding hydrogens is 248 g/mol. The number of carbonyl (C=O) groups is 2. The van der Waals surface area contributed by atoms with Crippen molar-refractivity contribution in [2.45, 2.75) is 44.2 Å². The van der Waals surface area contributed by atoms with E-state index in [-0.39, 0.29) is 18.5 Å². The molecule has 0 aromatic carbocycles. The summed E-state index contributed by atoms with van der Waals surface area (Å²) < 4.78 is 5.05. The smallest absolute Gasteiger partial charge is 0.320 e. The van der Waals surface area contributed by atoms with Gasteiger partial charge in [-0.05, 0) is 25.7 Å². The van der Waals surface area contributed by atoms with E-state index in [9.17, 15) is 9.59 Å². The molecule has 108 valence electrons. The third-order valence-corrected chi connectivity index (χ3v) is 3.57. The van der Waals surface area contributed by atoms with Crippen molar-refractivity contribution in [3.05, 3.63) is 0 Å². The van der Waals surface area contributed by atoms with Crippen LogP contribution in [0.2, 0.25) is 0 Å². The van der Waals surface area contributed by atoms with Gasteiger partial charge in [0.05, 0.1) is 13.0 Å². The van der Waals surface area contributed by atoms with Gasteiger partial charge in [0, 0.05) is 32.3 Å². The van der Waals surface area contributed by atoms with Crippen LogP contribution in [0.3, 0.4) is 0 Å². The van der Waals surface area contributed by atoms with Crippen molar-refractivity contribution in [3.8, 4) is 0 Å². The largest absolute Gasteiger partial charge is 0.481 e. The van der Waals surface area contributed by atoms with Gasteiger partial charge in [0.25, 0.3) is 0 Å². The molecule has 6 heteroatoms. The van der Waals surface area contributed by atoms with Gasteiger partial charge < -0.3 is 19.6 Å². The lowest BCUT2D eigenvalue weighted by Gasteiger charge is -2.30. The van der Waals surface area contributed by atoms with Crippen LogP contribution in [-0.2, 0) is 9.53 Å². The van der Waals surface area contributed by atoms with E-state index in [1.165, 1.54) is 0 Å². The van der Waals surface area contributed by atoms with E-state index in [1.54, 1.807) is 12.0 Å². The van der Waals surface area contributed by atoms with Crippen molar-refractivity contribution in [2.24, 2.45) is 0 Å². The van der Waals surface area contributed by atoms with Crippen LogP contribution in [-0.4, -0.2) is 65.8 Å². The van der Waals surface area contributed by atoms with Crippen LogP contribution >= 0.6 is 0 Å². The molecule has 2 saturated carbocycles. The minimum absolute atomic E-state index is 0.0108. The van der Waals surface area contributed by atoms with Crippen molar-refractivity contribution in [3.63, 3.8) is 0 Å². The normalized spacial score (nSPS) is 18.2. The number of carboxylic acid groups (broad SMARTS) is 1. The van der Waals surface area contributed by atoms with Gasteiger partial charge in [-0.1, -0.05) is 0 Å². The topological polar surface area (TPSA) is 70.1 Å². The third-order valence-electron chi connectivity index (χ3n) is 3.57. The first-order valence-electron chi connectivity index (χ1n) is 6.91. The second-order valence-corrected chi connectivity index (χ2v) is 5.27. The maximum Gasteiger partial charge on any atom is 0.320 e. The summed E-state index contributed by atoms with van der Waals surface area (Å²) in [6, 6.07) is 0.563. The number of ether oxygens (including phenoxy) is 1. The highest BCUT2D eigenvalue weighted by Gasteiger charge is 2.39. The van der Waals surface area contributed by atoms with Crippen LogP contribution in [0.1, 0.15) is 32.1 Å².